The molecule has 0 atom stereocenters. The molecule has 1 rings (SSSR count). The van der Waals surface area contributed by atoms with Crippen LogP contribution in [-0.4, -0.2) is 11.8 Å². The van der Waals surface area contributed by atoms with E-state index in [1.54, 1.807) is 0 Å². The van der Waals surface area contributed by atoms with Gasteiger partial charge in [0.1, 0.15) is 0 Å². The molecular weight excluding hydrogens is 167 g/mol. The van der Waals surface area contributed by atoms with Crippen molar-refractivity contribution >= 4 is 0 Å². The van der Waals surface area contributed by atoms with Crippen LogP contribution in [0.3, 0.4) is 0 Å². The SMILES string of the molecule is FC1=CCCC(F)(F)C1(F)F. The Labute approximate surface area is 59.7 Å². The van der Waals surface area contributed by atoms with Gasteiger partial charge < -0.3 is 0 Å². The molecule has 0 nitrogen and oxygen atoms in total. The summed E-state index contributed by atoms with van der Waals surface area (Å²) in [5, 5.41) is 0. The first-order valence-corrected chi connectivity index (χ1v) is 3.00. The zero-order chi connectivity index (χ0) is 8.70. The molecule has 0 aliphatic heterocycles. The molecule has 64 valence electrons. The van der Waals surface area contributed by atoms with Crippen LogP contribution >= 0.6 is 0 Å². The average Bonchev–Trinajstić information content (AvgIpc) is 1.84. The van der Waals surface area contributed by atoms with Crippen LogP contribution in [0, 0.1) is 0 Å². The van der Waals surface area contributed by atoms with E-state index in [-0.39, 0.29) is 6.42 Å². The number of rotatable bonds is 0. The van der Waals surface area contributed by atoms with Crippen LogP contribution in [0.5, 0.6) is 0 Å². The Kier molecular flexibility index (Phi) is 1.69. The third kappa shape index (κ3) is 1.12. The summed E-state index contributed by atoms with van der Waals surface area (Å²) in [5.74, 6) is -10.9. The summed E-state index contributed by atoms with van der Waals surface area (Å²) in [6, 6.07) is 0. The van der Waals surface area contributed by atoms with E-state index >= 15 is 0 Å². The van der Waals surface area contributed by atoms with Gasteiger partial charge in [-0.15, -0.1) is 0 Å². The third-order valence-corrected chi connectivity index (χ3v) is 1.54. The minimum absolute atomic E-state index is 0.339. The molecule has 0 saturated heterocycles. The summed E-state index contributed by atoms with van der Waals surface area (Å²) >= 11 is 0. The molecule has 0 aromatic carbocycles. The van der Waals surface area contributed by atoms with Gasteiger partial charge in [0.25, 0.3) is 0 Å². The van der Waals surface area contributed by atoms with Gasteiger partial charge in [0.2, 0.25) is 0 Å². The van der Waals surface area contributed by atoms with Crippen molar-refractivity contribution in [2.45, 2.75) is 24.7 Å². The van der Waals surface area contributed by atoms with Gasteiger partial charge in [-0.3, -0.25) is 0 Å². The zero-order valence-electron chi connectivity index (χ0n) is 5.38. The lowest BCUT2D eigenvalue weighted by Crippen LogP contribution is -2.42. The van der Waals surface area contributed by atoms with Crippen molar-refractivity contribution in [1.29, 1.82) is 0 Å². The van der Waals surface area contributed by atoms with Crippen molar-refractivity contribution in [2.75, 3.05) is 0 Å². The second-order valence-electron chi connectivity index (χ2n) is 2.37. The average molecular weight is 172 g/mol. The van der Waals surface area contributed by atoms with Gasteiger partial charge in [0.15, 0.2) is 5.83 Å². The topological polar surface area (TPSA) is 0 Å². The summed E-state index contributed by atoms with van der Waals surface area (Å²) in [7, 11) is 0. The second kappa shape index (κ2) is 2.19. The van der Waals surface area contributed by atoms with E-state index in [2.05, 4.69) is 0 Å². The number of allylic oxidation sites excluding steroid dienone is 2. The highest BCUT2D eigenvalue weighted by Gasteiger charge is 2.60. The normalized spacial score (nSPS) is 27.9. The maximum Gasteiger partial charge on any atom is 0.360 e. The van der Waals surface area contributed by atoms with Crippen LogP contribution in [0.2, 0.25) is 0 Å². The van der Waals surface area contributed by atoms with Crippen LogP contribution in [0.15, 0.2) is 11.9 Å². The highest BCUT2D eigenvalue weighted by Crippen LogP contribution is 2.46. The van der Waals surface area contributed by atoms with Gasteiger partial charge in [-0.2, -0.15) is 17.6 Å². The van der Waals surface area contributed by atoms with Crippen molar-refractivity contribution in [3.63, 3.8) is 0 Å². The Balaban J connectivity index is 3.00. The van der Waals surface area contributed by atoms with Crippen LogP contribution in [0.1, 0.15) is 12.8 Å². The van der Waals surface area contributed by atoms with E-state index in [0.29, 0.717) is 6.08 Å². The van der Waals surface area contributed by atoms with Crippen molar-refractivity contribution in [2.24, 2.45) is 0 Å². The van der Waals surface area contributed by atoms with Gasteiger partial charge in [-0.05, 0) is 12.5 Å². The monoisotopic (exact) mass is 172 g/mol. The molecule has 0 aromatic heterocycles. The summed E-state index contributed by atoms with van der Waals surface area (Å²) in [4.78, 5) is 0. The second-order valence-corrected chi connectivity index (χ2v) is 2.37. The molecular formula is C6H5F5. The predicted molar refractivity (Wildman–Crippen MR) is 28.3 cm³/mol. The van der Waals surface area contributed by atoms with Crippen molar-refractivity contribution in [3.8, 4) is 0 Å². The Bertz CT molecular complexity index is 193. The van der Waals surface area contributed by atoms with E-state index < -0.39 is 24.1 Å². The van der Waals surface area contributed by atoms with E-state index in [9.17, 15) is 22.0 Å². The highest BCUT2D eigenvalue weighted by atomic mass is 19.3. The van der Waals surface area contributed by atoms with E-state index in [0.717, 1.165) is 0 Å². The lowest BCUT2D eigenvalue weighted by atomic mass is 9.99. The van der Waals surface area contributed by atoms with E-state index in [4.69, 9.17) is 0 Å². The molecule has 1 aliphatic carbocycles. The molecule has 0 bridgehead atoms. The zero-order valence-corrected chi connectivity index (χ0v) is 5.38. The molecule has 0 spiro atoms. The fourth-order valence-corrected chi connectivity index (χ4v) is 0.840. The molecule has 1 aliphatic rings. The molecule has 0 unspecified atom stereocenters. The molecule has 0 fully saturated rings. The van der Waals surface area contributed by atoms with Crippen LogP contribution in [0.4, 0.5) is 22.0 Å². The van der Waals surface area contributed by atoms with Crippen LogP contribution < -0.4 is 0 Å². The Morgan fingerprint density at radius 3 is 2.09 bits per heavy atom. The van der Waals surface area contributed by atoms with Crippen molar-refractivity contribution < 1.29 is 22.0 Å². The number of halogens is 5. The minimum atomic E-state index is -4.61. The summed E-state index contributed by atoms with van der Waals surface area (Å²) in [6.07, 6.45) is -0.834. The number of hydrogen-bond acceptors (Lipinski definition) is 0. The first-order valence-electron chi connectivity index (χ1n) is 3.00. The quantitative estimate of drug-likeness (QED) is 0.493. The fraction of sp³-hybridized carbons (Fsp3) is 0.667. The molecule has 0 saturated carbocycles. The maximum absolute atomic E-state index is 12.2. The Morgan fingerprint density at radius 2 is 1.73 bits per heavy atom. The van der Waals surface area contributed by atoms with Crippen molar-refractivity contribution in [3.05, 3.63) is 11.9 Å². The Morgan fingerprint density at radius 1 is 1.18 bits per heavy atom. The van der Waals surface area contributed by atoms with E-state index in [1.807, 2.05) is 0 Å². The lowest BCUT2D eigenvalue weighted by molar-refractivity contribution is -0.202. The molecule has 0 amide bonds. The van der Waals surface area contributed by atoms with Crippen LogP contribution in [-0.2, 0) is 0 Å². The third-order valence-electron chi connectivity index (χ3n) is 1.54. The Hall–Kier alpha value is -0.610. The highest BCUT2D eigenvalue weighted by molar-refractivity contribution is 5.14. The fourth-order valence-electron chi connectivity index (χ4n) is 0.840. The smallest absolute Gasteiger partial charge is 0.205 e. The molecule has 0 heterocycles. The largest absolute Gasteiger partial charge is 0.360 e. The molecule has 0 N–H and O–H groups in total. The standard InChI is InChI=1S/C6H5F5/c7-4-2-1-3-5(8,9)6(4,10)11/h2H,1,3H2. The van der Waals surface area contributed by atoms with Gasteiger partial charge in [-0.25, -0.2) is 4.39 Å². The van der Waals surface area contributed by atoms with Crippen molar-refractivity contribution in [1.82, 2.24) is 0 Å². The number of alkyl halides is 4. The van der Waals surface area contributed by atoms with E-state index in [1.165, 1.54) is 0 Å². The molecule has 5 heteroatoms. The van der Waals surface area contributed by atoms with Gasteiger partial charge in [-0.1, -0.05) is 0 Å². The van der Waals surface area contributed by atoms with Gasteiger partial charge >= 0.3 is 11.8 Å². The summed E-state index contributed by atoms with van der Waals surface area (Å²) in [5.41, 5.74) is 0. The van der Waals surface area contributed by atoms with Gasteiger partial charge in [0.05, 0.1) is 0 Å². The summed E-state index contributed by atoms with van der Waals surface area (Å²) in [6.45, 7) is 0. The predicted octanol–water partition coefficient (Wildman–Crippen LogP) is 2.90. The van der Waals surface area contributed by atoms with Gasteiger partial charge in [0, 0.05) is 6.42 Å². The minimum Gasteiger partial charge on any atom is -0.205 e. The first-order chi connectivity index (χ1) is 4.88. The molecule has 0 aromatic rings. The molecule has 11 heavy (non-hydrogen) atoms. The maximum atomic E-state index is 12.2. The first kappa shape index (κ1) is 8.49. The summed E-state index contributed by atoms with van der Waals surface area (Å²) < 4.78 is 60.9. The molecule has 0 radical (unpaired) electrons. The van der Waals surface area contributed by atoms with Crippen LogP contribution in [0.25, 0.3) is 0 Å². The number of hydrogen-bond donors (Lipinski definition) is 0. The lowest BCUT2D eigenvalue weighted by Gasteiger charge is -2.27.